The molecule has 8 heteroatoms. The Hall–Kier alpha value is -3.39. The van der Waals surface area contributed by atoms with Crippen LogP contribution in [0.2, 0.25) is 0 Å². The Bertz CT molecular complexity index is 964. The van der Waals surface area contributed by atoms with Crippen LogP contribution in [0.4, 0.5) is 5.69 Å². The molecule has 1 fully saturated rings. The van der Waals surface area contributed by atoms with E-state index in [0.717, 1.165) is 38.2 Å². The predicted octanol–water partition coefficient (Wildman–Crippen LogP) is 3.51. The summed E-state index contributed by atoms with van der Waals surface area (Å²) >= 11 is 0. The Labute approximate surface area is 193 Å². The lowest BCUT2D eigenvalue weighted by molar-refractivity contribution is -0.121. The zero-order chi connectivity index (χ0) is 23.8. The van der Waals surface area contributed by atoms with Crippen molar-refractivity contribution in [2.75, 3.05) is 39.2 Å². The van der Waals surface area contributed by atoms with E-state index in [1.165, 1.54) is 38.0 Å². The van der Waals surface area contributed by atoms with Crippen LogP contribution in [0.25, 0.3) is 0 Å². The largest absolute Gasteiger partial charge is 0.494 e. The highest BCUT2D eigenvalue weighted by atomic mass is 16.5. The van der Waals surface area contributed by atoms with Gasteiger partial charge in [-0.1, -0.05) is 12.1 Å². The number of nitrogens with one attached hydrogen (secondary N) is 1. The quantitative estimate of drug-likeness (QED) is 0.610. The summed E-state index contributed by atoms with van der Waals surface area (Å²) in [5.41, 5.74) is 1.87. The fourth-order valence-electron chi connectivity index (χ4n) is 3.93. The van der Waals surface area contributed by atoms with Crippen molar-refractivity contribution < 1.29 is 28.6 Å². The fourth-order valence-corrected chi connectivity index (χ4v) is 3.93. The lowest BCUT2D eigenvalue weighted by Gasteiger charge is -2.31. The predicted molar refractivity (Wildman–Crippen MR) is 123 cm³/mol. The van der Waals surface area contributed by atoms with Crippen molar-refractivity contribution in [3.8, 4) is 5.75 Å². The van der Waals surface area contributed by atoms with Crippen molar-refractivity contribution in [1.82, 2.24) is 4.90 Å². The Kier molecular flexibility index (Phi) is 8.43. The van der Waals surface area contributed by atoms with E-state index in [0.29, 0.717) is 12.3 Å². The Balaban J connectivity index is 1.60. The summed E-state index contributed by atoms with van der Waals surface area (Å²) in [7, 11) is 2.51. The van der Waals surface area contributed by atoms with Crippen LogP contribution in [0.15, 0.2) is 42.5 Å². The molecule has 33 heavy (non-hydrogen) atoms. The normalized spacial score (nSPS) is 14.4. The highest BCUT2D eigenvalue weighted by Crippen LogP contribution is 2.23. The molecule has 1 aliphatic heterocycles. The number of hydrogen-bond acceptors (Lipinski definition) is 7. The first-order valence-electron chi connectivity index (χ1n) is 11.0. The molecule has 1 amide bonds. The van der Waals surface area contributed by atoms with Gasteiger partial charge in [0.05, 0.1) is 32.0 Å². The fraction of sp³-hybridized carbons (Fsp3) is 0.400. The number of ether oxygens (including phenoxy) is 3. The monoisotopic (exact) mass is 454 g/mol. The second-order valence-corrected chi connectivity index (χ2v) is 7.90. The minimum absolute atomic E-state index is 0.133. The molecule has 3 rings (SSSR count). The zero-order valence-electron chi connectivity index (χ0n) is 19.3. The van der Waals surface area contributed by atoms with Gasteiger partial charge in [-0.3, -0.25) is 9.69 Å². The van der Waals surface area contributed by atoms with Gasteiger partial charge in [-0.25, -0.2) is 9.59 Å². The summed E-state index contributed by atoms with van der Waals surface area (Å²) in [6.07, 6.45) is 1.44. The summed E-state index contributed by atoms with van der Waals surface area (Å²) in [5.74, 6) is -0.620. The smallest absolute Gasteiger partial charge is 0.337 e. The van der Waals surface area contributed by atoms with E-state index in [9.17, 15) is 14.4 Å². The molecule has 0 unspecified atom stereocenters. The van der Waals surface area contributed by atoms with Crippen LogP contribution in [-0.2, 0) is 20.8 Å². The van der Waals surface area contributed by atoms with Crippen LogP contribution < -0.4 is 10.1 Å². The first-order chi connectivity index (χ1) is 15.9. The number of benzene rings is 2. The minimum atomic E-state index is -0.599. The molecular formula is C25H30N2O6. The Morgan fingerprint density at radius 1 is 0.970 bits per heavy atom. The van der Waals surface area contributed by atoms with Crippen LogP contribution in [0, 0.1) is 5.92 Å². The zero-order valence-corrected chi connectivity index (χ0v) is 19.3. The maximum atomic E-state index is 12.9. The minimum Gasteiger partial charge on any atom is -0.494 e. The molecule has 2 aromatic carbocycles. The third-order valence-corrected chi connectivity index (χ3v) is 5.62. The van der Waals surface area contributed by atoms with Crippen molar-refractivity contribution in [2.24, 2.45) is 5.92 Å². The number of likely N-dealkylation sites (tertiary alicyclic amines) is 1. The van der Waals surface area contributed by atoms with Gasteiger partial charge >= 0.3 is 11.9 Å². The van der Waals surface area contributed by atoms with E-state index >= 15 is 0 Å². The first-order valence-corrected chi connectivity index (χ1v) is 11.0. The van der Waals surface area contributed by atoms with Crippen LogP contribution in [0.1, 0.15) is 46.0 Å². The molecule has 1 aliphatic rings. The van der Waals surface area contributed by atoms with Crippen molar-refractivity contribution >= 4 is 23.5 Å². The third kappa shape index (κ3) is 6.55. The molecule has 8 nitrogen and oxygen atoms in total. The number of carbonyl (C=O) groups is 3. The number of anilines is 1. The topological polar surface area (TPSA) is 94.2 Å². The van der Waals surface area contributed by atoms with Gasteiger partial charge in [0.2, 0.25) is 5.91 Å². The second kappa shape index (κ2) is 11.5. The van der Waals surface area contributed by atoms with Crippen LogP contribution in [0.3, 0.4) is 0 Å². The number of amides is 1. The summed E-state index contributed by atoms with van der Waals surface area (Å²) in [5, 5.41) is 2.85. The first kappa shape index (κ1) is 24.3. The van der Waals surface area contributed by atoms with Crippen molar-refractivity contribution in [1.29, 1.82) is 0 Å². The number of hydrogen-bond donors (Lipinski definition) is 1. The van der Waals surface area contributed by atoms with Gasteiger partial charge in [-0.2, -0.15) is 0 Å². The maximum Gasteiger partial charge on any atom is 0.337 e. The number of rotatable bonds is 8. The molecule has 176 valence electrons. The van der Waals surface area contributed by atoms with Crippen LogP contribution >= 0.6 is 0 Å². The molecular weight excluding hydrogens is 424 g/mol. The molecule has 0 bridgehead atoms. The van der Waals surface area contributed by atoms with Gasteiger partial charge in [0.25, 0.3) is 0 Å². The molecule has 0 aromatic heterocycles. The van der Waals surface area contributed by atoms with E-state index in [2.05, 4.69) is 22.3 Å². The molecule has 0 atom stereocenters. The molecule has 1 saturated heterocycles. The van der Waals surface area contributed by atoms with Crippen LogP contribution in [-0.4, -0.2) is 56.7 Å². The standard InChI is InChI=1S/C25H30N2O6/c1-4-33-22-7-5-6-17(12-22)16-27-10-8-18(9-11-27)23(28)26-21-14-19(24(29)31-2)13-20(15-21)25(30)32-3/h5-7,12-15,18H,4,8-11,16H2,1-3H3,(H,26,28). The Morgan fingerprint density at radius 2 is 1.61 bits per heavy atom. The molecule has 0 spiro atoms. The molecule has 1 heterocycles. The van der Waals surface area contributed by atoms with Gasteiger partial charge < -0.3 is 19.5 Å². The number of nitrogens with zero attached hydrogens (tertiary/aromatic N) is 1. The number of methoxy groups -OCH3 is 2. The molecule has 0 saturated carbocycles. The van der Waals surface area contributed by atoms with Crippen molar-refractivity contribution in [3.05, 3.63) is 59.2 Å². The van der Waals surface area contributed by atoms with E-state index in [-0.39, 0.29) is 23.0 Å². The van der Waals surface area contributed by atoms with Gasteiger partial charge in [0.15, 0.2) is 0 Å². The second-order valence-electron chi connectivity index (χ2n) is 7.90. The van der Waals surface area contributed by atoms with E-state index in [1.54, 1.807) is 0 Å². The van der Waals surface area contributed by atoms with Crippen LogP contribution in [0.5, 0.6) is 5.75 Å². The van der Waals surface area contributed by atoms with Crippen molar-refractivity contribution in [3.63, 3.8) is 0 Å². The van der Waals surface area contributed by atoms with Gasteiger partial charge in [0.1, 0.15) is 5.75 Å². The summed E-state index contributed by atoms with van der Waals surface area (Å²) < 4.78 is 15.1. The molecule has 0 radical (unpaired) electrons. The highest BCUT2D eigenvalue weighted by Gasteiger charge is 2.26. The molecule has 0 aliphatic carbocycles. The van der Waals surface area contributed by atoms with Gasteiger partial charge in [-0.15, -0.1) is 0 Å². The highest BCUT2D eigenvalue weighted by molar-refractivity contribution is 5.99. The van der Waals surface area contributed by atoms with E-state index < -0.39 is 11.9 Å². The van der Waals surface area contributed by atoms with E-state index in [1.807, 2.05) is 19.1 Å². The third-order valence-electron chi connectivity index (χ3n) is 5.62. The number of carbonyl (C=O) groups excluding carboxylic acids is 3. The van der Waals surface area contributed by atoms with Gasteiger partial charge in [-0.05, 0) is 68.8 Å². The average molecular weight is 455 g/mol. The summed E-state index contributed by atoms with van der Waals surface area (Å²) in [6.45, 7) is 5.00. The molecule has 2 aromatic rings. The summed E-state index contributed by atoms with van der Waals surface area (Å²) in [4.78, 5) is 39.1. The SMILES string of the molecule is CCOc1cccc(CN2CCC(C(=O)Nc3cc(C(=O)OC)cc(C(=O)OC)c3)CC2)c1. The Morgan fingerprint density at radius 3 is 2.18 bits per heavy atom. The van der Waals surface area contributed by atoms with Gasteiger partial charge in [0, 0.05) is 18.2 Å². The number of piperidine rings is 1. The lowest BCUT2D eigenvalue weighted by atomic mass is 9.95. The van der Waals surface area contributed by atoms with Crippen molar-refractivity contribution in [2.45, 2.75) is 26.3 Å². The average Bonchev–Trinajstić information content (AvgIpc) is 2.83. The summed E-state index contributed by atoms with van der Waals surface area (Å²) in [6, 6.07) is 12.4. The molecule has 1 N–H and O–H groups in total. The lowest BCUT2D eigenvalue weighted by Crippen LogP contribution is -2.37. The number of esters is 2. The van der Waals surface area contributed by atoms with E-state index in [4.69, 9.17) is 14.2 Å². The maximum absolute atomic E-state index is 12.9.